The molecule has 0 saturated carbocycles. The minimum absolute atomic E-state index is 0.284. The maximum absolute atomic E-state index is 13.2. The van der Waals surface area contributed by atoms with Crippen LogP contribution in [0.5, 0.6) is 11.5 Å². The molecule has 0 N–H and O–H groups in total. The summed E-state index contributed by atoms with van der Waals surface area (Å²) in [4.78, 5) is 4.51. The van der Waals surface area contributed by atoms with Gasteiger partial charge in [0.15, 0.2) is 11.5 Å². The molecule has 0 bridgehead atoms. The van der Waals surface area contributed by atoms with E-state index in [4.69, 9.17) is 13.9 Å². The van der Waals surface area contributed by atoms with Crippen molar-refractivity contribution in [2.75, 3.05) is 14.2 Å². The summed E-state index contributed by atoms with van der Waals surface area (Å²) in [7, 11) is 3.10. The summed E-state index contributed by atoms with van der Waals surface area (Å²) in [6.45, 7) is 0.359. The normalized spacial score (nSPS) is 11.8. The summed E-state index contributed by atoms with van der Waals surface area (Å²) in [5.41, 5.74) is 1.05. The first-order valence-corrected chi connectivity index (χ1v) is 9.18. The van der Waals surface area contributed by atoms with E-state index in [1.165, 1.54) is 6.07 Å². The maximum atomic E-state index is 13.2. The standard InChI is InChI=1S/C22H19F3N2O3/c1-28-19-8-5-14(10-20(19)29-2)11-21-26-17-12-15(22(23,24)25)6-7-18(17)27(21)13-16-4-3-9-30-16/h3-10,12H,11,13H2,1-2H3. The minimum Gasteiger partial charge on any atom is -0.493 e. The molecule has 0 amide bonds. The summed E-state index contributed by atoms with van der Waals surface area (Å²) in [6.07, 6.45) is -2.47. The number of aromatic nitrogens is 2. The van der Waals surface area contributed by atoms with Crippen LogP contribution < -0.4 is 9.47 Å². The van der Waals surface area contributed by atoms with E-state index in [9.17, 15) is 13.2 Å². The van der Waals surface area contributed by atoms with Gasteiger partial charge in [-0.15, -0.1) is 0 Å². The second kappa shape index (κ2) is 7.78. The van der Waals surface area contributed by atoms with E-state index >= 15 is 0 Å². The molecular formula is C22H19F3N2O3. The molecule has 0 aliphatic carbocycles. The predicted molar refractivity (Wildman–Crippen MR) is 105 cm³/mol. The Kier molecular flexibility index (Phi) is 5.15. The second-order valence-electron chi connectivity index (χ2n) is 6.76. The molecule has 2 heterocycles. The maximum Gasteiger partial charge on any atom is 0.416 e. The average Bonchev–Trinajstić information content (AvgIpc) is 3.35. The SMILES string of the molecule is COc1ccc(Cc2nc3cc(C(F)(F)F)ccc3n2Cc2ccco2)cc1OC. The Morgan fingerprint density at radius 2 is 1.80 bits per heavy atom. The van der Waals surface area contributed by atoms with Gasteiger partial charge in [-0.1, -0.05) is 6.07 Å². The Morgan fingerprint density at radius 3 is 2.47 bits per heavy atom. The fourth-order valence-electron chi connectivity index (χ4n) is 3.40. The number of imidazole rings is 1. The lowest BCUT2D eigenvalue weighted by molar-refractivity contribution is -0.137. The molecule has 2 aromatic carbocycles. The van der Waals surface area contributed by atoms with Gasteiger partial charge in [-0.2, -0.15) is 13.2 Å². The lowest BCUT2D eigenvalue weighted by Gasteiger charge is -2.11. The molecule has 5 nitrogen and oxygen atoms in total. The number of furan rings is 1. The van der Waals surface area contributed by atoms with Crippen molar-refractivity contribution in [3.05, 3.63) is 77.5 Å². The Bertz CT molecular complexity index is 1160. The molecule has 30 heavy (non-hydrogen) atoms. The highest BCUT2D eigenvalue weighted by Crippen LogP contribution is 2.33. The number of methoxy groups -OCH3 is 2. The summed E-state index contributed by atoms with van der Waals surface area (Å²) in [5, 5.41) is 0. The van der Waals surface area contributed by atoms with Crippen molar-refractivity contribution in [3.63, 3.8) is 0 Å². The summed E-state index contributed by atoms with van der Waals surface area (Å²) in [6, 6.07) is 12.7. The number of halogens is 3. The van der Waals surface area contributed by atoms with Crippen LogP contribution in [0.3, 0.4) is 0 Å². The molecule has 0 atom stereocenters. The second-order valence-corrected chi connectivity index (χ2v) is 6.76. The lowest BCUT2D eigenvalue weighted by Crippen LogP contribution is -2.06. The fourth-order valence-corrected chi connectivity index (χ4v) is 3.40. The number of ether oxygens (including phenoxy) is 2. The Balaban J connectivity index is 1.79. The van der Waals surface area contributed by atoms with Gasteiger partial charge in [-0.3, -0.25) is 0 Å². The molecule has 0 saturated heterocycles. The smallest absolute Gasteiger partial charge is 0.416 e. The van der Waals surface area contributed by atoms with Gasteiger partial charge >= 0.3 is 6.18 Å². The third-order valence-corrected chi connectivity index (χ3v) is 4.86. The summed E-state index contributed by atoms with van der Waals surface area (Å²) in [5.74, 6) is 2.47. The van der Waals surface area contributed by atoms with E-state index in [-0.39, 0.29) is 5.52 Å². The molecule has 0 unspecified atom stereocenters. The monoisotopic (exact) mass is 416 g/mol. The largest absolute Gasteiger partial charge is 0.493 e. The Hall–Kier alpha value is -3.42. The molecule has 156 valence electrons. The summed E-state index contributed by atoms with van der Waals surface area (Å²) < 4.78 is 57.4. The van der Waals surface area contributed by atoms with Crippen molar-refractivity contribution in [2.24, 2.45) is 0 Å². The topological polar surface area (TPSA) is 49.4 Å². The van der Waals surface area contributed by atoms with E-state index < -0.39 is 11.7 Å². The first-order chi connectivity index (χ1) is 14.4. The van der Waals surface area contributed by atoms with Gasteiger partial charge in [0.1, 0.15) is 11.6 Å². The number of hydrogen-bond donors (Lipinski definition) is 0. The van der Waals surface area contributed by atoms with Crippen LogP contribution in [0.15, 0.2) is 59.2 Å². The van der Waals surface area contributed by atoms with Crippen LogP contribution in [-0.2, 0) is 19.1 Å². The van der Waals surface area contributed by atoms with Crippen LogP contribution in [0.1, 0.15) is 22.7 Å². The number of nitrogens with zero attached hydrogens (tertiary/aromatic N) is 2. The molecule has 0 aliphatic rings. The Morgan fingerprint density at radius 1 is 1.00 bits per heavy atom. The molecule has 4 aromatic rings. The molecule has 8 heteroatoms. The number of rotatable bonds is 6. The number of hydrogen-bond acceptors (Lipinski definition) is 4. The van der Waals surface area contributed by atoms with Crippen LogP contribution in [0.4, 0.5) is 13.2 Å². The average molecular weight is 416 g/mol. The number of benzene rings is 2. The van der Waals surface area contributed by atoms with Crippen LogP contribution in [0.25, 0.3) is 11.0 Å². The van der Waals surface area contributed by atoms with Crippen molar-refractivity contribution in [1.29, 1.82) is 0 Å². The van der Waals surface area contributed by atoms with Gasteiger partial charge in [0, 0.05) is 6.42 Å². The highest BCUT2D eigenvalue weighted by molar-refractivity contribution is 5.77. The molecule has 2 aromatic heterocycles. The van der Waals surface area contributed by atoms with Gasteiger partial charge in [0.2, 0.25) is 0 Å². The molecule has 0 spiro atoms. The molecule has 4 rings (SSSR count). The van der Waals surface area contributed by atoms with Gasteiger partial charge < -0.3 is 18.5 Å². The molecular weight excluding hydrogens is 397 g/mol. The van der Waals surface area contributed by atoms with Gasteiger partial charge in [0.05, 0.1) is 43.6 Å². The van der Waals surface area contributed by atoms with Gasteiger partial charge in [0.25, 0.3) is 0 Å². The van der Waals surface area contributed by atoms with E-state index in [0.29, 0.717) is 41.6 Å². The zero-order valence-electron chi connectivity index (χ0n) is 16.4. The van der Waals surface area contributed by atoms with Crippen molar-refractivity contribution in [1.82, 2.24) is 9.55 Å². The zero-order chi connectivity index (χ0) is 21.3. The van der Waals surface area contributed by atoms with Crippen LogP contribution in [-0.4, -0.2) is 23.8 Å². The fraction of sp³-hybridized carbons (Fsp3) is 0.227. The quantitative estimate of drug-likeness (QED) is 0.428. The third-order valence-electron chi connectivity index (χ3n) is 4.86. The van der Waals surface area contributed by atoms with E-state index in [0.717, 1.165) is 17.7 Å². The first kappa shape index (κ1) is 19.9. The van der Waals surface area contributed by atoms with Crippen molar-refractivity contribution < 1.29 is 27.1 Å². The Labute approximate surface area is 170 Å². The molecule has 0 radical (unpaired) electrons. The number of alkyl halides is 3. The van der Waals surface area contributed by atoms with Crippen molar-refractivity contribution >= 4 is 11.0 Å². The molecule has 0 fully saturated rings. The summed E-state index contributed by atoms with van der Waals surface area (Å²) >= 11 is 0. The zero-order valence-corrected chi connectivity index (χ0v) is 16.4. The highest BCUT2D eigenvalue weighted by atomic mass is 19.4. The van der Waals surface area contributed by atoms with E-state index in [1.54, 1.807) is 32.6 Å². The highest BCUT2D eigenvalue weighted by Gasteiger charge is 2.31. The first-order valence-electron chi connectivity index (χ1n) is 9.18. The van der Waals surface area contributed by atoms with Crippen LogP contribution >= 0.6 is 0 Å². The van der Waals surface area contributed by atoms with Crippen LogP contribution in [0, 0.1) is 0 Å². The molecule has 0 aliphatic heterocycles. The predicted octanol–water partition coefficient (Wildman–Crippen LogP) is 5.30. The van der Waals surface area contributed by atoms with Gasteiger partial charge in [-0.05, 0) is 48.0 Å². The van der Waals surface area contributed by atoms with E-state index in [1.807, 2.05) is 22.8 Å². The van der Waals surface area contributed by atoms with Crippen LogP contribution in [0.2, 0.25) is 0 Å². The third kappa shape index (κ3) is 3.85. The van der Waals surface area contributed by atoms with Gasteiger partial charge in [-0.25, -0.2) is 4.98 Å². The van der Waals surface area contributed by atoms with Crippen molar-refractivity contribution in [3.8, 4) is 11.5 Å². The number of fused-ring (bicyclic) bond motifs is 1. The van der Waals surface area contributed by atoms with E-state index in [2.05, 4.69) is 4.98 Å². The minimum atomic E-state index is -4.43. The van der Waals surface area contributed by atoms with Crippen molar-refractivity contribution in [2.45, 2.75) is 19.1 Å². The lowest BCUT2D eigenvalue weighted by atomic mass is 10.1.